The highest BCUT2D eigenvalue weighted by Gasteiger charge is 2.20. The normalized spacial score (nSPS) is 15.4. The first-order valence-corrected chi connectivity index (χ1v) is 10.2. The lowest BCUT2D eigenvalue weighted by Gasteiger charge is -2.21. The van der Waals surface area contributed by atoms with E-state index >= 15 is 0 Å². The summed E-state index contributed by atoms with van der Waals surface area (Å²) in [6.45, 7) is 4.53. The quantitative estimate of drug-likeness (QED) is 0.642. The number of nitrogens with zero attached hydrogens (tertiary/aromatic N) is 1. The molecule has 1 N–H and O–H groups in total. The minimum Gasteiger partial charge on any atom is -0.507 e. The van der Waals surface area contributed by atoms with Gasteiger partial charge in [0.2, 0.25) is 0 Å². The summed E-state index contributed by atoms with van der Waals surface area (Å²) < 4.78 is 11.0. The zero-order valence-corrected chi connectivity index (χ0v) is 17.0. The third kappa shape index (κ3) is 3.87. The molecule has 2 aromatic carbocycles. The first-order valence-electron chi connectivity index (χ1n) is 10.2. The molecule has 5 heteroatoms. The van der Waals surface area contributed by atoms with Crippen LogP contribution in [-0.4, -0.2) is 30.2 Å². The second-order valence-electron chi connectivity index (χ2n) is 7.75. The molecule has 0 bridgehead atoms. The van der Waals surface area contributed by atoms with Gasteiger partial charge in [-0.2, -0.15) is 0 Å². The van der Waals surface area contributed by atoms with E-state index in [1.807, 2.05) is 37.3 Å². The molecule has 5 nitrogen and oxygen atoms in total. The fraction of sp³-hybridized carbons (Fsp3) is 0.375. The van der Waals surface area contributed by atoms with E-state index in [1.54, 1.807) is 13.2 Å². The van der Waals surface area contributed by atoms with Crippen molar-refractivity contribution >= 4 is 11.0 Å². The largest absolute Gasteiger partial charge is 0.507 e. The van der Waals surface area contributed by atoms with E-state index in [0.717, 1.165) is 48.2 Å². The third-order valence-corrected chi connectivity index (χ3v) is 5.87. The van der Waals surface area contributed by atoms with Crippen LogP contribution in [0, 0.1) is 6.92 Å². The minimum absolute atomic E-state index is 0.182. The molecule has 1 aliphatic rings. The number of hydrogen-bond acceptors (Lipinski definition) is 5. The molecule has 0 atom stereocenters. The van der Waals surface area contributed by atoms with Crippen molar-refractivity contribution in [2.45, 2.75) is 39.2 Å². The van der Waals surface area contributed by atoms with E-state index in [9.17, 15) is 9.90 Å². The molecule has 4 rings (SSSR count). The van der Waals surface area contributed by atoms with Crippen molar-refractivity contribution < 1.29 is 14.3 Å². The van der Waals surface area contributed by atoms with E-state index in [4.69, 9.17) is 9.15 Å². The maximum Gasteiger partial charge on any atom is 0.344 e. The van der Waals surface area contributed by atoms with Gasteiger partial charge in [0.15, 0.2) is 0 Å². The van der Waals surface area contributed by atoms with Crippen LogP contribution < -0.4 is 10.4 Å². The fourth-order valence-electron chi connectivity index (χ4n) is 4.22. The van der Waals surface area contributed by atoms with Gasteiger partial charge in [0.1, 0.15) is 17.1 Å². The van der Waals surface area contributed by atoms with Crippen molar-refractivity contribution in [1.29, 1.82) is 0 Å². The van der Waals surface area contributed by atoms with Gasteiger partial charge >= 0.3 is 5.63 Å². The predicted octanol–water partition coefficient (Wildman–Crippen LogP) is 4.86. The molecule has 29 heavy (non-hydrogen) atoms. The smallest absolute Gasteiger partial charge is 0.344 e. The molecule has 0 amide bonds. The number of likely N-dealkylation sites (tertiary alicyclic amines) is 1. The lowest BCUT2D eigenvalue weighted by atomic mass is 9.97. The van der Waals surface area contributed by atoms with E-state index in [2.05, 4.69) is 4.90 Å². The van der Waals surface area contributed by atoms with Gasteiger partial charge in [0.25, 0.3) is 0 Å². The molecule has 1 saturated heterocycles. The Morgan fingerprint density at radius 2 is 1.72 bits per heavy atom. The first kappa shape index (κ1) is 19.5. The Bertz CT molecular complexity index is 1060. The average molecular weight is 393 g/mol. The highest BCUT2D eigenvalue weighted by atomic mass is 16.5. The Balaban J connectivity index is 1.80. The summed E-state index contributed by atoms with van der Waals surface area (Å²) in [7, 11) is 1.61. The van der Waals surface area contributed by atoms with Crippen molar-refractivity contribution in [1.82, 2.24) is 4.90 Å². The number of aryl methyl sites for hydroxylation is 1. The summed E-state index contributed by atoms with van der Waals surface area (Å²) in [5.74, 6) is 0.919. The van der Waals surface area contributed by atoms with Gasteiger partial charge in [-0.25, -0.2) is 4.79 Å². The Morgan fingerprint density at radius 1 is 1.03 bits per heavy atom. The van der Waals surface area contributed by atoms with Gasteiger partial charge in [-0.3, -0.25) is 4.90 Å². The monoisotopic (exact) mass is 393 g/mol. The lowest BCUT2D eigenvalue weighted by Crippen LogP contribution is -2.24. The number of aromatic hydroxyl groups is 1. The molecule has 0 radical (unpaired) electrons. The molecule has 0 unspecified atom stereocenters. The zero-order chi connectivity index (χ0) is 20.4. The standard InChI is InChI=1S/C24H27NO4/c1-16-19-11-12-21(26)20(15-25-13-5-3-4-6-14-25)23(19)29-24(27)22(16)17-7-9-18(28-2)10-8-17/h7-12,26H,3-6,13-15H2,1-2H3. The highest BCUT2D eigenvalue weighted by molar-refractivity contribution is 5.89. The number of phenols is 1. The maximum atomic E-state index is 12.9. The van der Waals surface area contributed by atoms with Gasteiger partial charge < -0.3 is 14.3 Å². The average Bonchev–Trinajstić information content (AvgIpc) is 2.99. The van der Waals surface area contributed by atoms with Gasteiger partial charge in [0, 0.05) is 11.9 Å². The van der Waals surface area contributed by atoms with Crippen molar-refractivity contribution in [2.24, 2.45) is 0 Å². The van der Waals surface area contributed by atoms with Crippen LogP contribution in [0.2, 0.25) is 0 Å². The van der Waals surface area contributed by atoms with Crippen molar-refractivity contribution in [2.75, 3.05) is 20.2 Å². The molecule has 1 fully saturated rings. The Morgan fingerprint density at radius 3 is 2.38 bits per heavy atom. The second kappa shape index (κ2) is 8.29. The number of ether oxygens (including phenoxy) is 1. The summed E-state index contributed by atoms with van der Waals surface area (Å²) in [5, 5.41) is 11.4. The number of hydrogen-bond donors (Lipinski definition) is 1. The van der Waals surface area contributed by atoms with Crippen LogP contribution in [0.3, 0.4) is 0 Å². The summed E-state index contributed by atoms with van der Waals surface area (Å²) in [6.07, 6.45) is 4.82. The lowest BCUT2D eigenvalue weighted by molar-refractivity contribution is 0.272. The Hall–Kier alpha value is -2.79. The molecule has 1 aliphatic heterocycles. The fourth-order valence-corrected chi connectivity index (χ4v) is 4.22. The molecule has 3 aromatic rings. The summed E-state index contributed by atoms with van der Waals surface area (Å²) in [6, 6.07) is 10.9. The van der Waals surface area contributed by atoms with E-state index < -0.39 is 0 Å². The van der Waals surface area contributed by atoms with Crippen LogP contribution in [0.15, 0.2) is 45.6 Å². The number of phenolic OH excluding ortho intramolecular Hbond substituents is 1. The van der Waals surface area contributed by atoms with Gasteiger partial charge in [-0.15, -0.1) is 0 Å². The minimum atomic E-state index is -0.386. The Kier molecular flexibility index (Phi) is 5.58. The Labute approximate surface area is 170 Å². The predicted molar refractivity (Wildman–Crippen MR) is 115 cm³/mol. The number of fused-ring (bicyclic) bond motifs is 1. The van der Waals surface area contributed by atoms with Gasteiger partial charge in [-0.05, 0) is 68.2 Å². The maximum absolute atomic E-state index is 12.9. The van der Waals surface area contributed by atoms with E-state index in [-0.39, 0.29) is 11.4 Å². The number of benzene rings is 2. The van der Waals surface area contributed by atoms with Gasteiger partial charge in [0.05, 0.1) is 18.2 Å². The van der Waals surface area contributed by atoms with Crippen LogP contribution in [0.25, 0.3) is 22.1 Å². The summed E-state index contributed by atoms with van der Waals surface area (Å²) in [5.41, 5.74) is 3.01. The third-order valence-electron chi connectivity index (χ3n) is 5.87. The van der Waals surface area contributed by atoms with E-state index in [0.29, 0.717) is 23.3 Å². The highest BCUT2D eigenvalue weighted by Crippen LogP contribution is 2.33. The van der Waals surface area contributed by atoms with Crippen molar-refractivity contribution in [3.05, 3.63) is 57.9 Å². The zero-order valence-electron chi connectivity index (χ0n) is 17.0. The number of methoxy groups -OCH3 is 1. The molecule has 0 aliphatic carbocycles. The molecule has 1 aromatic heterocycles. The van der Waals surface area contributed by atoms with Crippen molar-refractivity contribution in [3.63, 3.8) is 0 Å². The van der Waals surface area contributed by atoms with Crippen LogP contribution in [0.1, 0.15) is 36.8 Å². The molecule has 2 heterocycles. The number of rotatable bonds is 4. The summed E-state index contributed by atoms with van der Waals surface area (Å²) >= 11 is 0. The SMILES string of the molecule is COc1ccc(-c2c(C)c3ccc(O)c(CN4CCCCCC4)c3oc2=O)cc1. The van der Waals surface area contributed by atoms with Crippen molar-refractivity contribution in [3.8, 4) is 22.6 Å². The summed E-state index contributed by atoms with van der Waals surface area (Å²) in [4.78, 5) is 15.3. The van der Waals surface area contributed by atoms with Gasteiger partial charge in [-0.1, -0.05) is 25.0 Å². The molecule has 152 valence electrons. The molecule has 0 saturated carbocycles. The van der Waals surface area contributed by atoms with Crippen LogP contribution in [-0.2, 0) is 6.54 Å². The first-order chi connectivity index (χ1) is 14.1. The van der Waals surface area contributed by atoms with E-state index in [1.165, 1.54) is 12.8 Å². The molecular weight excluding hydrogens is 366 g/mol. The molecule has 0 spiro atoms. The topological polar surface area (TPSA) is 62.9 Å². The second-order valence-corrected chi connectivity index (χ2v) is 7.75. The molecular formula is C24H27NO4. The van der Waals surface area contributed by atoms with Crippen LogP contribution >= 0.6 is 0 Å². The van der Waals surface area contributed by atoms with Crippen LogP contribution in [0.4, 0.5) is 0 Å². The van der Waals surface area contributed by atoms with Crippen LogP contribution in [0.5, 0.6) is 11.5 Å².